The van der Waals surface area contributed by atoms with Crippen molar-refractivity contribution in [3.8, 4) is 11.5 Å². The molecule has 178 valence electrons. The Bertz CT molecular complexity index is 1330. The lowest BCUT2D eigenvalue weighted by atomic mass is 9.87. The van der Waals surface area contributed by atoms with Crippen LogP contribution in [0.1, 0.15) is 56.2 Å². The van der Waals surface area contributed by atoms with Crippen molar-refractivity contribution in [3.63, 3.8) is 0 Å². The standard InChI is InChI=1S/C33H36OSi/c1-6-15-27-25(3)28-19-14-21-30(32(28)34-31-24(2)16-13-20-29(27)31)35(5,26-17-9-7-10-18-26)33(4)22-11-8-12-23-33/h7-22,25H,6,23H2,1-5H3/b27-15-. The summed E-state index contributed by atoms with van der Waals surface area (Å²) in [5.74, 6) is 2.35. The third-order valence-corrected chi connectivity index (χ3v) is 14.0. The normalized spacial score (nSPS) is 23.7. The van der Waals surface area contributed by atoms with Gasteiger partial charge in [-0.05, 0) is 41.1 Å². The highest BCUT2D eigenvalue weighted by Gasteiger charge is 2.49. The van der Waals surface area contributed by atoms with E-state index in [0.717, 1.165) is 24.3 Å². The molecule has 3 unspecified atom stereocenters. The molecule has 0 radical (unpaired) electrons. The maximum Gasteiger partial charge on any atom is 0.137 e. The van der Waals surface area contributed by atoms with Crippen LogP contribution >= 0.6 is 0 Å². The number of para-hydroxylation sites is 2. The summed E-state index contributed by atoms with van der Waals surface area (Å²) in [6.45, 7) is 11.7. The number of fused-ring (bicyclic) bond motifs is 2. The lowest BCUT2D eigenvalue weighted by Gasteiger charge is -2.45. The van der Waals surface area contributed by atoms with E-state index in [0.29, 0.717) is 0 Å². The van der Waals surface area contributed by atoms with Gasteiger partial charge in [0.2, 0.25) is 0 Å². The van der Waals surface area contributed by atoms with Gasteiger partial charge in [-0.3, -0.25) is 0 Å². The molecule has 1 heterocycles. The number of ether oxygens (including phenoxy) is 1. The van der Waals surface area contributed by atoms with Crippen LogP contribution in [0, 0.1) is 6.92 Å². The fraction of sp³-hybridized carbons (Fsp3) is 0.273. The van der Waals surface area contributed by atoms with Gasteiger partial charge in [0.1, 0.15) is 19.6 Å². The smallest absolute Gasteiger partial charge is 0.137 e. The first-order valence-electron chi connectivity index (χ1n) is 12.9. The average molecular weight is 477 g/mol. The van der Waals surface area contributed by atoms with Gasteiger partial charge in [-0.2, -0.15) is 0 Å². The molecule has 0 saturated carbocycles. The molecule has 1 aliphatic carbocycles. The Morgan fingerprint density at radius 1 is 0.971 bits per heavy atom. The maximum atomic E-state index is 7.07. The monoisotopic (exact) mass is 476 g/mol. The van der Waals surface area contributed by atoms with Crippen LogP contribution in [0.3, 0.4) is 0 Å². The first kappa shape index (κ1) is 23.6. The minimum atomic E-state index is -2.32. The first-order chi connectivity index (χ1) is 16.9. The van der Waals surface area contributed by atoms with Crippen molar-refractivity contribution in [1.82, 2.24) is 0 Å². The van der Waals surface area contributed by atoms with Crippen molar-refractivity contribution in [2.75, 3.05) is 0 Å². The summed E-state index contributed by atoms with van der Waals surface area (Å²) in [6, 6.07) is 24.7. The Morgan fingerprint density at radius 2 is 1.74 bits per heavy atom. The van der Waals surface area contributed by atoms with Gasteiger partial charge in [0, 0.05) is 17.0 Å². The fourth-order valence-electron chi connectivity index (χ4n) is 6.09. The zero-order valence-electron chi connectivity index (χ0n) is 21.6. The Labute approximate surface area is 211 Å². The Morgan fingerprint density at radius 3 is 2.46 bits per heavy atom. The van der Waals surface area contributed by atoms with E-state index in [4.69, 9.17) is 4.74 Å². The summed E-state index contributed by atoms with van der Waals surface area (Å²) >= 11 is 0. The van der Waals surface area contributed by atoms with Crippen LogP contribution < -0.4 is 15.1 Å². The quantitative estimate of drug-likeness (QED) is 0.345. The van der Waals surface area contributed by atoms with E-state index >= 15 is 0 Å². The van der Waals surface area contributed by atoms with E-state index < -0.39 is 8.07 Å². The van der Waals surface area contributed by atoms with Crippen molar-refractivity contribution in [2.45, 2.75) is 58.0 Å². The van der Waals surface area contributed by atoms with E-state index in [1.54, 1.807) is 0 Å². The Balaban J connectivity index is 1.82. The molecule has 2 heteroatoms. The van der Waals surface area contributed by atoms with Crippen molar-refractivity contribution in [2.24, 2.45) is 0 Å². The minimum absolute atomic E-state index is 0.0355. The largest absolute Gasteiger partial charge is 0.456 e. The second-order valence-corrected chi connectivity index (χ2v) is 15.0. The average Bonchev–Trinajstić information content (AvgIpc) is 3.00. The fourth-order valence-corrected chi connectivity index (χ4v) is 10.6. The molecule has 0 N–H and O–H groups in total. The van der Waals surface area contributed by atoms with Crippen molar-refractivity contribution in [3.05, 3.63) is 114 Å². The molecule has 0 aromatic heterocycles. The summed E-state index contributed by atoms with van der Waals surface area (Å²) in [7, 11) is -2.32. The van der Waals surface area contributed by atoms with E-state index in [1.165, 1.54) is 32.6 Å². The molecule has 1 nitrogen and oxygen atoms in total. The highest BCUT2D eigenvalue weighted by molar-refractivity contribution is 7.04. The molecule has 3 aromatic carbocycles. The van der Waals surface area contributed by atoms with Crippen molar-refractivity contribution < 1.29 is 4.74 Å². The van der Waals surface area contributed by atoms with Crippen LogP contribution in [0.5, 0.6) is 11.5 Å². The van der Waals surface area contributed by atoms with Gasteiger partial charge in [0.15, 0.2) is 0 Å². The summed E-state index contributed by atoms with van der Waals surface area (Å²) in [5.41, 5.74) is 5.09. The van der Waals surface area contributed by atoms with Gasteiger partial charge in [-0.1, -0.05) is 130 Å². The third-order valence-electron chi connectivity index (χ3n) is 8.41. The SMILES string of the molecule is CC/C=C1\c2cccc(C)c2Oc2c(cccc2[Si](C)(c2ccccc2)C2(C)C=CC=CC2)C1C. The van der Waals surface area contributed by atoms with Crippen LogP contribution in [0.2, 0.25) is 11.6 Å². The molecule has 5 rings (SSSR count). The molecule has 0 bridgehead atoms. The third kappa shape index (κ3) is 3.75. The summed E-state index contributed by atoms with van der Waals surface area (Å²) in [6.07, 6.45) is 13.6. The second kappa shape index (κ2) is 9.16. The van der Waals surface area contributed by atoms with Crippen LogP contribution in [0.4, 0.5) is 0 Å². The predicted octanol–water partition coefficient (Wildman–Crippen LogP) is 8.17. The number of benzene rings is 3. The number of hydrogen-bond donors (Lipinski definition) is 0. The molecule has 35 heavy (non-hydrogen) atoms. The summed E-state index contributed by atoms with van der Waals surface area (Å²) < 4.78 is 7.07. The molecule has 1 aliphatic heterocycles. The number of rotatable bonds is 4. The number of allylic oxidation sites excluding steroid dienone is 6. The lowest BCUT2D eigenvalue weighted by molar-refractivity contribution is 0.478. The topological polar surface area (TPSA) is 9.23 Å². The summed E-state index contributed by atoms with van der Waals surface area (Å²) in [4.78, 5) is 0. The molecular formula is C33H36OSi. The lowest BCUT2D eigenvalue weighted by Crippen LogP contribution is -2.63. The zero-order chi connectivity index (χ0) is 24.6. The molecule has 0 spiro atoms. The van der Waals surface area contributed by atoms with Crippen LogP contribution in [-0.4, -0.2) is 8.07 Å². The van der Waals surface area contributed by atoms with Gasteiger partial charge >= 0.3 is 0 Å². The molecule has 0 amide bonds. The zero-order valence-corrected chi connectivity index (χ0v) is 22.6. The van der Waals surface area contributed by atoms with Gasteiger partial charge in [-0.25, -0.2) is 0 Å². The van der Waals surface area contributed by atoms with Gasteiger partial charge < -0.3 is 4.74 Å². The highest BCUT2D eigenvalue weighted by atomic mass is 28.3. The molecule has 3 aromatic rings. The summed E-state index contributed by atoms with van der Waals surface area (Å²) in [5, 5.41) is 2.88. The van der Waals surface area contributed by atoms with Gasteiger partial charge in [0.05, 0.1) is 0 Å². The number of hydrogen-bond acceptors (Lipinski definition) is 1. The van der Waals surface area contributed by atoms with E-state index in [9.17, 15) is 0 Å². The first-order valence-corrected chi connectivity index (χ1v) is 15.4. The van der Waals surface area contributed by atoms with Crippen molar-refractivity contribution in [1.29, 1.82) is 0 Å². The van der Waals surface area contributed by atoms with Crippen molar-refractivity contribution >= 4 is 24.0 Å². The molecule has 0 fully saturated rings. The number of aryl methyl sites for hydroxylation is 1. The highest BCUT2D eigenvalue weighted by Crippen LogP contribution is 2.50. The van der Waals surface area contributed by atoms with E-state index in [-0.39, 0.29) is 11.0 Å². The Kier molecular flexibility index (Phi) is 6.19. The molecular weight excluding hydrogens is 440 g/mol. The van der Waals surface area contributed by atoms with Gasteiger partial charge in [0.25, 0.3) is 0 Å². The Hall–Kier alpha value is -3.10. The molecule has 2 aliphatic rings. The van der Waals surface area contributed by atoms with Crippen LogP contribution in [0.15, 0.2) is 97.1 Å². The molecule has 0 saturated heterocycles. The van der Waals surface area contributed by atoms with E-state index in [1.807, 2.05) is 0 Å². The molecule has 3 atom stereocenters. The van der Waals surface area contributed by atoms with Crippen LogP contribution in [0.25, 0.3) is 5.57 Å². The maximum absolute atomic E-state index is 7.07. The van der Waals surface area contributed by atoms with Gasteiger partial charge in [-0.15, -0.1) is 0 Å². The van der Waals surface area contributed by atoms with Crippen LogP contribution in [-0.2, 0) is 0 Å². The minimum Gasteiger partial charge on any atom is -0.456 e. The van der Waals surface area contributed by atoms with E-state index in [2.05, 4.69) is 131 Å². The predicted molar refractivity (Wildman–Crippen MR) is 153 cm³/mol. The second-order valence-electron chi connectivity index (χ2n) is 10.5.